The van der Waals surface area contributed by atoms with Gasteiger partial charge >= 0.3 is 0 Å². The summed E-state index contributed by atoms with van der Waals surface area (Å²) in [7, 11) is 0. The van der Waals surface area contributed by atoms with Gasteiger partial charge in [0.25, 0.3) is 0 Å². The number of nitrogens with zero attached hydrogens (tertiary/aromatic N) is 8. The van der Waals surface area contributed by atoms with E-state index in [1.165, 1.54) is 30.0 Å². The monoisotopic (exact) mass is 534 g/mol. The number of rotatable bonds is 7. The van der Waals surface area contributed by atoms with E-state index in [0.29, 0.717) is 0 Å². The summed E-state index contributed by atoms with van der Waals surface area (Å²) in [6.07, 6.45) is 8.86. The molecule has 0 amide bonds. The smallest absolute Gasteiger partial charge is 0.123 e. The second-order valence-electron chi connectivity index (χ2n) is 10.7. The van der Waals surface area contributed by atoms with Crippen molar-refractivity contribution in [2.24, 2.45) is 0 Å². The van der Waals surface area contributed by atoms with Crippen molar-refractivity contribution in [3.63, 3.8) is 0 Å². The van der Waals surface area contributed by atoms with Crippen LogP contribution in [-0.2, 0) is 26.1 Å². The largest absolute Gasteiger partial charge is 0.297 e. The fourth-order valence-electron chi connectivity index (χ4n) is 5.88. The SMILES string of the molecule is Fc1cccc(CN2CCc3cc(N(c4ccc5ncncc5c4)n4cc(CN5CCCC5)nn4)ccc3C2)c1. The van der Waals surface area contributed by atoms with Crippen molar-refractivity contribution < 1.29 is 4.39 Å². The molecule has 0 spiro atoms. The molecule has 3 aromatic carbocycles. The molecule has 0 atom stereocenters. The number of aromatic nitrogens is 5. The van der Waals surface area contributed by atoms with Gasteiger partial charge in [-0.3, -0.25) is 9.80 Å². The van der Waals surface area contributed by atoms with Gasteiger partial charge in [-0.25, -0.2) is 19.4 Å². The normalized spacial score (nSPS) is 15.9. The molecule has 1 fully saturated rings. The van der Waals surface area contributed by atoms with E-state index in [2.05, 4.69) is 65.4 Å². The van der Waals surface area contributed by atoms with Crippen LogP contribution in [0.4, 0.5) is 15.8 Å². The molecule has 0 bridgehead atoms. The minimum atomic E-state index is -0.184. The molecule has 2 aliphatic heterocycles. The van der Waals surface area contributed by atoms with E-state index >= 15 is 0 Å². The number of anilines is 2. The van der Waals surface area contributed by atoms with Crippen molar-refractivity contribution in [3.8, 4) is 0 Å². The van der Waals surface area contributed by atoms with Crippen molar-refractivity contribution in [1.82, 2.24) is 34.9 Å². The molecule has 202 valence electrons. The summed E-state index contributed by atoms with van der Waals surface area (Å²) in [5, 5.41) is 12.2. The van der Waals surface area contributed by atoms with E-state index in [-0.39, 0.29) is 5.82 Å². The average molecular weight is 535 g/mol. The van der Waals surface area contributed by atoms with Crippen LogP contribution in [0.3, 0.4) is 0 Å². The van der Waals surface area contributed by atoms with Crippen LogP contribution in [0, 0.1) is 5.82 Å². The fraction of sp³-hybridized carbons (Fsp3) is 0.290. The standard InChI is InChI=1S/C31H31FN8/c32-27-5-3-4-23(14-27)18-38-13-10-24-15-29(7-6-25(24)19-38)40(30-8-9-31-26(16-30)17-33-22-34-31)39-21-28(35-36-39)20-37-11-1-2-12-37/h3-9,14-17,21-22H,1-2,10-13,18-20H2. The predicted octanol–water partition coefficient (Wildman–Crippen LogP) is 5.12. The zero-order valence-corrected chi connectivity index (χ0v) is 22.3. The van der Waals surface area contributed by atoms with E-state index in [1.54, 1.807) is 18.5 Å². The Balaban J connectivity index is 1.20. The van der Waals surface area contributed by atoms with E-state index in [0.717, 1.165) is 79.2 Å². The van der Waals surface area contributed by atoms with Crippen LogP contribution in [0.15, 0.2) is 79.4 Å². The van der Waals surface area contributed by atoms with E-state index in [1.807, 2.05) is 29.3 Å². The number of fused-ring (bicyclic) bond motifs is 2. The van der Waals surface area contributed by atoms with Gasteiger partial charge in [0.2, 0.25) is 0 Å². The molecular weight excluding hydrogens is 503 g/mol. The molecular formula is C31H31FN8. The van der Waals surface area contributed by atoms with Crippen LogP contribution < -0.4 is 5.01 Å². The quantitative estimate of drug-likeness (QED) is 0.287. The van der Waals surface area contributed by atoms with E-state index in [4.69, 9.17) is 0 Å². The second-order valence-corrected chi connectivity index (χ2v) is 10.7. The van der Waals surface area contributed by atoms with Crippen LogP contribution >= 0.6 is 0 Å². The highest BCUT2D eigenvalue weighted by Crippen LogP contribution is 2.32. The molecule has 2 aromatic heterocycles. The Kier molecular flexibility index (Phi) is 6.67. The summed E-state index contributed by atoms with van der Waals surface area (Å²) >= 11 is 0. The Morgan fingerprint density at radius 1 is 0.850 bits per heavy atom. The summed E-state index contributed by atoms with van der Waals surface area (Å²) in [5.41, 5.74) is 7.46. The predicted molar refractivity (Wildman–Crippen MR) is 152 cm³/mol. The third kappa shape index (κ3) is 5.17. The van der Waals surface area contributed by atoms with Crippen LogP contribution in [0.25, 0.3) is 10.9 Å². The van der Waals surface area contributed by atoms with E-state index in [9.17, 15) is 4.39 Å². The molecule has 5 aromatic rings. The molecule has 8 nitrogen and oxygen atoms in total. The van der Waals surface area contributed by atoms with Gasteiger partial charge in [-0.15, -0.1) is 5.10 Å². The fourth-order valence-corrected chi connectivity index (χ4v) is 5.88. The molecule has 0 radical (unpaired) electrons. The van der Waals surface area contributed by atoms with Crippen LogP contribution in [0.1, 0.15) is 35.2 Å². The van der Waals surface area contributed by atoms with Gasteiger partial charge in [0, 0.05) is 37.8 Å². The molecule has 0 unspecified atom stereocenters. The van der Waals surface area contributed by atoms with Crippen molar-refractivity contribution in [2.75, 3.05) is 24.6 Å². The highest BCUT2D eigenvalue weighted by Gasteiger charge is 2.21. The van der Waals surface area contributed by atoms with Crippen molar-refractivity contribution >= 4 is 22.3 Å². The molecule has 7 rings (SSSR count). The maximum absolute atomic E-state index is 13.7. The summed E-state index contributed by atoms with van der Waals surface area (Å²) in [6, 6.07) is 19.7. The van der Waals surface area contributed by atoms with Gasteiger partial charge in [0.1, 0.15) is 12.1 Å². The number of likely N-dealkylation sites (tertiary alicyclic amines) is 1. The van der Waals surface area contributed by atoms with Crippen LogP contribution in [-0.4, -0.2) is 54.5 Å². The minimum Gasteiger partial charge on any atom is -0.297 e. The molecule has 4 heterocycles. The number of benzene rings is 3. The van der Waals surface area contributed by atoms with Gasteiger partial charge in [0.05, 0.1) is 28.8 Å². The lowest BCUT2D eigenvalue weighted by atomic mass is 9.98. The molecule has 0 aliphatic carbocycles. The second kappa shape index (κ2) is 10.7. The third-order valence-corrected chi connectivity index (χ3v) is 7.87. The first-order valence-electron chi connectivity index (χ1n) is 13.9. The van der Waals surface area contributed by atoms with Gasteiger partial charge in [-0.1, -0.05) is 18.2 Å². The summed E-state index contributed by atoms with van der Waals surface area (Å²) in [5.74, 6) is -0.184. The van der Waals surface area contributed by atoms with Crippen molar-refractivity contribution in [3.05, 3.63) is 108 Å². The minimum absolute atomic E-state index is 0.184. The molecule has 0 saturated carbocycles. The first-order valence-corrected chi connectivity index (χ1v) is 13.9. The Hall–Kier alpha value is -4.21. The van der Waals surface area contributed by atoms with Gasteiger partial charge in [0.15, 0.2) is 0 Å². The number of halogens is 1. The summed E-state index contributed by atoms with van der Waals surface area (Å²) < 4.78 is 13.7. The van der Waals surface area contributed by atoms with Gasteiger partial charge in [-0.05, 0) is 96.7 Å². The van der Waals surface area contributed by atoms with Crippen LogP contribution in [0.5, 0.6) is 0 Å². The third-order valence-electron chi connectivity index (χ3n) is 7.87. The molecule has 0 N–H and O–H groups in total. The Morgan fingerprint density at radius 2 is 1.73 bits per heavy atom. The highest BCUT2D eigenvalue weighted by atomic mass is 19.1. The zero-order chi connectivity index (χ0) is 26.9. The van der Waals surface area contributed by atoms with Crippen LogP contribution in [0.2, 0.25) is 0 Å². The van der Waals surface area contributed by atoms with Gasteiger partial charge < -0.3 is 0 Å². The molecule has 9 heteroatoms. The Bertz CT molecular complexity index is 1640. The maximum Gasteiger partial charge on any atom is 0.123 e. The average Bonchev–Trinajstić information content (AvgIpc) is 3.66. The van der Waals surface area contributed by atoms with Crippen molar-refractivity contribution in [2.45, 2.75) is 38.9 Å². The number of hydrogen-bond donors (Lipinski definition) is 0. The molecule has 40 heavy (non-hydrogen) atoms. The van der Waals surface area contributed by atoms with Crippen molar-refractivity contribution in [1.29, 1.82) is 0 Å². The molecule has 1 saturated heterocycles. The zero-order valence-electron chi connectivity index (χ0n) is 22.3. The Labute approximate surface area is 232 Å². The lowest BCUT2D eigenvalue weighted by Crippen LogP contribution is -2.31. The molecule has 2 aliphatic rings. The maximum atomic E-state index is 13.7. The van der Waals surface area contributed by atoms with E-state index < -0.39 is 0 Å². The lowest BCUT2D eigenvalue weighted by Gasteiger charge is -2.31. The summed E-state index contributed by atoms with van der Waals surface area (Å²) in [6.45, 7) is 5.53. The van der Waals surface area contributed by atoms with Gasteiger partial charge in [-0.2, -0.15) is 4.79 Å². The number of hydrogen-bond acceptors (Lipinski definition) is 7. The lowest BCUT2D eigenvalue weighted by molar-refractivity contribution is 0.245. The first-order chi connectivity index (χ1) is 19.7. The summed E-state index contributed by atoms with van der Waals surface area (Å²) in [4.78, 5) is 15.3. The highest BCUT2D eigenvalue weighted by molar-refractivity contribution is 5.83. The Morgan fingerprint density at radius 3 is 2.62 bits per heavy atom. The first kappa shape index (κ1) is 24.8. The topological polar surface area (TPSA) is 66.2 Å².